The van der Waals surface area contributed by atoms with Gasteiger partial charge in [0.25, 0.3) is 5.91 Å². The molecule has 1 amide bonds. The Kier molecular flexibility index (Phi) is 4.75. The summed E-state index contributed by atoms with van der Waals surface area (Å²) in [4.78, 5) is 25.5. The first-order valence-electron chi connectivity index (χ1n) is 9.30. The number of hydrogen-bond donors (Lipinski definition) is 1. The standard InChI is InChI=1S/C20H23N5O2/c1-13-12-14(2)25-11-8-17(18(25)23-13)19(26)24-15-4-6-16(7-5-15)27-20-21-9-3-10-22-20/h3,8-12,15-16H,4-7H2,1-2H3,(H,24,26). The molecule has 3 heterocycles. The SMILES string of the molecule is Cc1cc(C)n2ccc(C(=O)NC3CCC(Oc4ncccn4)CC3)c2n1. The van der Waals surface area contributed by atoms with Crippen LogP contribution in [-0.2, 0) is 0 Å². The molecule has 0 atom stereocenters. The quantitative estimate of drug-likeness (QED) is 0.769. The Balaban J connectivity index is 1.37. The van der Waals surface area contributed by atoms with Crippen LogP contribution in [0.4, 0.5) is 0 Å². The van der Waals surface area contributed by atoms with Crippen LogP contribution in [0.25, 0.3) is 5.65 Å². The number of fused-ring (bicyclic) bond motifs is 1. The molecule has 0 spiro atoms. The molecule has 1 fully saturated rings. The number of rotatable bonds is 4. The molecule has 0 radical (unpaired) electrons. The molecule has 0 bridgehead atoms. The lowest BCUT2D eigenvalue weighted by molar-refractivity contribution is 0.0886. The second-order valence-electron chi connectivity index (χ2n) is 7.06. The number of carbonyl (C=O) groups is 1. The van der Waals surface area contributed by atoms with Crippen LogP contribution in [0.3, 0.4) is 0 Å². The normalized spacial score (nSPS) is 19.8. The lowest BCUT2D eigenvalue weighted by atomic mass is 9.93. The zero-order chi connectivity index (χ0) is 18.8. The maximum absolute atomic E-state index is 12.8. The monoisotopic (exact) mass is 365 g/mol. The van der Waals surface area contributed by atoms with Gasteiger partial charge in [-0.2, -0.15) is 0 Å². The van der Waals surface area contributed by atoms with Gasteiger partial charge in [0.1, 0.15) is 11.8 Å². The van der Waals surface area contributed by atoms with Crippen LogP contribution in [-0.4, -0.2) is 37.4 Å². The Labute approximate surface area is 157 Å². The van der Waals surface area contributed by atoms with Gasteiger partial charge in [-0.05, 0) is 57.7 Å². The van der Waals surface area contributed by atoms with Gasteiger partial charge in [-0.3, -0.25) is 4.79 Å². The highest BCUT2D eigenvalue weighted by molar-refractivity contribution is 6.00. The van der Waals surface area contributed by atoms with E-state index in [1.165, 1.54) is 0 Å². The Bertz CT molecular complexity index is 946. The van der Waals surface area contributed by atoms with Crippen LogP contribution in [0, 0.1) is 13.8 Å². The van der Waals surface area contributed by atoms with Crippen LogP contribution < -0.4 is 10.1 Å². The summed E-state index contributed by atoms with van der Waals surface area (Å²) in [6.45, 7) is 3.96. The van der Waals surface area contributed by atoms with Crippen molar-refractivity contribution in [2.24, 2.45) is 0 Å². The number of ether oxygens (including phenoxy) is 1. The molecule has 140 valence electrons. The Morgan fingerprint density at radius 2 is 1.93 bits per heavy atom. The molecule has 3 aromatic rings. The molecule has 0 aliphatic heterocycles. The van der Waals surface area contributed by atoms with Crippen molar-refractivity contribution in [1.82, 2.24) is 24.7 Å². The van der Waals surface area contributed by atoms with Crippen molar-refractivity contribution in [2.45, 2.75) is 51.7 Å². The van der Waals surface area contributed by atoms with Gasteiger partial charge in [0.2, 0.25) is 0 Å². The van der Waals surface area contributed by atoms with E-state index in [9.17, 15) is 4.79 Å². The molecule has 3 aromatic heterocycles. The highest BCUT2D eigenvalue weighted by Gasteiger charge is 2.25. The number of aromatic nitrogens is 4. The van der Waals surface area contributed by atoms with E-state index in [0.29, 0.717) is 17.2 Å². The molecule has 1 N–H and O–H groups in total. The van der Waals surface area contributed by atoms with Gasteiger partial charge >= 0.3 is 6.01 Å². The minimum atomic E-state index is -0.0641. The first-order valence-corrected chi connectivity index (χ1v) is 9.30. The first kappa shape index (κ1) is 17.5. The third kappa shape index (κ3) is 3.77. The van der Waals surface area contributed by atoms with Gasteiger partial charge in [-0.25, -0.2) is 15.0 Å². The first-order chi connectivity index (χ1) is 13.1. The van der Waals surface area contributed by atoms with Gasteiger partial charge in [0, 0.05) is 36.0 Å². The summed E-state index contributed by atoms with van der Waals surface area (Å²) in [5.41, 5.74) is 3.31. The van der Waals surface area contributed by atoms with Crippen molar-refractivity contribution in [1.29, 1.82) is 0 Å². The second-order valence-corrected chi connectivity index (χ2v) is 7.06. The van der Waals surface area contributed by atoms with E-state index in [2.05, 4.69) is 20.3 Å². The summed E-state index contributed by atoms with van der Waals surface area (Å²) >= 11 is 0. The zero-order valence-corrected chi connectivity index (χ0v) is 15.6. The maximum atomic E-state index is 12.8. The maximum Gasteiger partial charge on any atom is 0.316 e. The molecule has 1 aliphatic rings. The average molecular weight is 365 g/mol. The van der Waals surface area contributed by atoms with Crippen LogP contribution in [0.15, 0.2) is 36.8 Å². The molecule has 0 saturated heterocycles. The smallest absolute Gasteiger partial charge is 0.316 e. The highest BCUT2D eigenvalue weighted by atomic mass is 16.5. The van der Waals surface area contributed by atoms with E-state index in [0.717, 1.165) is 37.1 Å². The van der Waals surface area contributed by atoms with Crippen LogP contribution >= 0.6 is 0 Å². The summed E-state index contributed by atoms with van der Waals surface area (Å²) in [6, 6.07) is 6.18. The summed E-state index contributed by atoms with van der Waals surface area (Å²) in [6.07, 6.45) is 8.84. The Hall–Kier alpha value is -2.96. The molecule has 0 aromatic carbocycles. The minimum absolute atomic E-state index is 0.0641. The molecule has 1 saturated carbocycles. The lowest BCUT2D eigenvalue weighted by Crippen LogP contribution is -2.39. The molecule has 7 heteroatoms. The van der Waals surface area contributed by atoms with Gasteiger partial charge < -0.3 is 14.5 Å². The molecular formula is C20H23N5O2. The minimum Gasteiger partial charge on any atom is -0.460 e. The summed E-state index contributed by atoms with van der Waals surface area (Å²) in [7, 11) is 0. The van der Waals surface area contributed by atoms with Gasteiger partial charge in [0.05, 0.1) is 5.56 Å². The van der Waals surface area contributed by atoms with Crippen LogP contribution in [0.1, 0.15) is 47.4 Å². The van der Waals surface area contributed by atoms with Crippen molar-refractivity contribution in [3.05, 3.63) is 53.7 Å². The fourth-order valence-corrected chi connectivity index (χ4v) is 3.65. The van der Waals surface area contributed by atoms with Gasteiger partial charge in [-0.1, -0.05) is 0 Å². The number of nitrogens with one attached hydrogen (secondary N) is 1. The van der Waals surface area contributed by atoms with Gasteiger partial charge in [-0.15, -0.1) is 0 Å². The fraction of sp³-hybridized carbons (Fsp3) is 0.400. The average Bonchev–Trinajstić information content (AvgIpc) is 3.08. The topological polar surface area (TPSA) is 81.4 Å². The number of hydrogen-bond acceptors (Lipinski definition) is 5. The van der Waals surface area contributed by atoms with Crippen LogP contribution in [0.2, 0.25) is 0 Å². The third-order valence-electron chi connectivity index (χ3n) is 5.01. The van der Waals surface area contributed by atoms with E-state index in [-0.39, 0.29) is 18.1 Å². The number of amides is 1. The van der Waals surface area contributed by atoms with E-state index >= 15 is 0 Å². The fourth-order valence-electron chi connectivity index (χ4n) is 3.65. The molecule has 0 unspecified atom stereocenters. The van der Waals surface area contributed by atoms with E-state index in [4.69, 9.17) is 4.74 Å². The van der Waals surface area contributed by atoms with Crippen molar-refractivity contribution >= 4 is 11.6 Å². The van der Waals surface area contributed by atoms with E-state index in [1.54, 1.807) is 18.5 Å². The lowest BCUT2D eigenvalue weighted by Gasteiger charge is -2.28. The highest BCUT2D eigenvalue weighted by Crippen LogP contribution is 2.23. The number of carbonyl (C=O) groups excluding carboxylic acids is 1. The molecule has 1 aliphatic carbocycles. The number of nitrogens with zero attached hydrogens (tertiary/aromatic N) is 4. The van der Waals surface area contributed by atoms with Crippen molar-refractivity contribution in [3.8, 4) is 6.01 Å². The largest absolute Gasteiger partial charge is 0.460 e. The predicted octanol–water partition coefficient (Wildman–Crippen LogP) is 2.86. The summed E-state index contributed by atoms with van der Waals surface area (Å²) in [5.74, 6) is -0.0641. The predicted molar refractivity (Wildman–Crippen MR) is 101 cm³/mol. The van der Waals surface area contributed by atoms with Crippen molar-refractivity contribution < 1.29 is 9.53 Å². The summed E-state index contributed by atoms with van der Waals surface area (Å²) in [5, 5.41) is 3.16. The molecule has 4 rings (SSSR count). The number of aryl methyl sites for hydroxylation is 2. The Morgan fingerprint density at radius 1 is 1.19 bits per heavy atom. The van der Waals surface area contributed by atoms with Gasteiger partial charge in [0.15, 0.2) is 0 Å². The van der Waals surface area contributed by atoms with E-state index in [1.807, 2.05) is 36.6 Å². The van der Waals surface area contributed by atoms with Crippen molar-refractivity contribution in [3.63, 3.8) is 0 Å². The molecule has 27 heavy (non-hydrogen) atoms. The molecular weight excluding hydrogens is 342 g/mol. The molecule has 7 nitrogen and oxygen atoms in total. The zero-order valence-electron chi connectivity index (χ0n) is 15.6. The van der Waals surface area contributed by atoms with Crippen LogP contribution in [0.5, 0.6) is 6.01 Å². The Morgan fingerprint density at radius 3 is 2.67 bits per heavy atom. The van der Waals surface area contributed by atoms with Crippen molar-refractivity contribution in [2.75, 3.05) is 0 Å². The third-order valence-corrected chi connectivity index (χ3v) is 5.01. The second kappa shape index (κ2) is 7.34. The summed E-state index contributed by atoms with van der Waals surface area (Å²) < 4.78 is 7.77. The van der Waals surface area contributed by atoms with E-state index < -0.39 is 0 Å².